The van der Waals surface area contributed by atoms with Crippen LogP contribution in [0.25, 0.3) is 0 Å². The van der Waals surface area contributed by atoms with Crippen LogP contribution in [0.5, 0.6) is 0 Å². The Bertz CT molecular complexity index is 471. The van der Waals surface area contributed by atoms with Crippen LogP contribution in [0.3, 0.4) is 0 Å². The first-order chi connectivity index (χ1) is 9.13. The summed E-state index contributed by atoms with van der Waals surface area (Å²) < 4.78 is 5.27. The number of esters is 1. The van der Waals surface area contributed by atoms with Gasteiger partial charge in [0.2, 0.25) is 0 Å². The van der Waals surface area contributed by atoms with Crippen molar-refractivity contribution >= 4 is 5.97 Å². The van der Waals surface area contributed by atoms with Gasteiger partial charge in [-0.25, -0.2) is 0 Å². The monoisotopic (exact) mass is 263 g/mol. The van der Waals surface area contributed by atoms with E-state index in [4.69, 9.17) is 4.74 Å². The largest absolute Gasteiger partial charge is 0.461 e. The fraction of sp³-hybridized carbons (Fsp3) is 0.714. The topological polar surface area (TPSA) is 58.2 Å². The maximum absolute atomic E-state index is 11.8. The van der Waals surface area contributed by atoms with E-state index in [0.717, 1.165) is 43.7 Å². The molecule has 3 rings (SSSR count). The second-order valence-electron chi connectivity index (χ2n) is 5.81. The molecule has 104 valence electrons. The second kappa shape index (κ2) is 4.96. The highest BCUT2D eigenvalue weighted by molar-refractivity contribution is 5.78. The van der Waals surface area contributed by atoms with Gasteiger partial charge in [0.15, 0.2) is 0 Å². The first-order valence-corrected chi connectivity index (χ1v) is 7.10. The van der Waals surface area contributed by atoms with Crippen molar-refractivity contribution in [3.63, 3.8) is 0 Å². The highest BCUT2D eigenvalue weighted by Crippen LogP contribution is 2.30. The van der Waals surface area contributed by atoms with Gasteiger partial charge in [-0.15, -0.1) is 0 Å². The number of nitrogens with one attached hydrogen (secondary N) is 1. The number of carbonyl (C=O) groups excluding carboxylic acids is 1. The molecule has 5 heteroatoms. The molecule has 1 aromatic rings. The number of cyclic esters (lactones) is 1. The molecule has 5 nitrogen and oxygen atoms in total. The molecule has 2 saturated heterocycles. The van der Waals surface area contributed by atoms with Crippen LogP contribution in [-0.4, -0.2) is 46.3 Å². The summed E-state index contributed by atoms with van der Waals surface area (Å²) in [5.74, 6) is 0.383. The molecule has 3 unspecified atom stereocenters. The van der Waals surface area contributed by atoms with E-state index in [1.54, 1.807) is 0 Å². The van der Waals surface area contributed by atoms with E-state index in [0.29, 0.717) is 5.92 Å². The van der Waals surface area contributed by atoms with Crippen LogP contribution in [0, 0.1) is 6.92 Å². The Morgan fingerprint density at radius 3 is 3.00 bits per heavy atom. The van der Waals surface area contributed by atoms with Crippen LogP contribution < -0.4 is 0 Å². The average molecular weight is 263 g/mol. The van der Waals surface area contributed by atoms with Crippen molar-refractivity contribution in [1.29, 1.82) is 0 Å². The standard InChI is InChI=1S/C14H21N3O2/c1-9-6-12(16-15-9)11-4-3-5-17(8-11)13-7-10(2)19-14(13)18/h6,10-11,13H,3-5,7-8H2,1-2H3,(H,15,16). The van der Waals surface area contributed by atoms with Crippen molar-refractivity contribution in [3.8, 4) is 0 Å². The Kier molecular flexibility index (Phi) is 3.31. The number of carbonyl (C=O) groups is 1. The number of H-pyrrole nitrogens is 1. The van der Waals surface area contributed by atoms with Gasteiger partial charge in [-0.3, -0.25) is 14.8 Å². The number of rotatable bonds is 2. The third kappa shape index (κ3) is 2.52. The molecule has 0 bridgehead atoms. The summed E-state index contributed by atoms with van der Waals surface area (Å²) in [6.45, 7) is 5.90. The van der Waals surface area contributed by atoms with Crippen LogP contribution in [-0.2, 0) is 9.53 Å². The number of aryl methyl sites for hydroxylation is 1. The number of nitrogens with zero attached hydrogens (tertiary/aromatic N) is 2. The molecule has 0 amide bonds. The van der Waals surface area contributed by atoms with Crippen LogP contribution in [0.1, 0.15) is 43.5 Å². The summed E-state index contributed by atoms with van der Waals surface area (Å²) in [4.78, 5) is 14.1. The van der Waals surface area contributed by atoms with E-state index in [-0.39, 0.29) is 18.1 Å². The van der Waals surface area contributed by atoms with Gasteiger partial charge >= 0.3 is 5.97 Å². The minimum Gasteiger partial charge on any atom is -0.461 e. The Hall–Kier alpha value is -1.36. The van der Waals surface area contributed by atoms with Gasteiger partial charge in [-0.1, -0.05) is 0 Å². The van der Waals surface area contributed by atoms with Gasteiger partial charge < -0.3 is 4.74 Å². The minimum atomic E-state index is -0.0497. The Balaban J connectivity index is 1.70. The van der Waals surface area contributed by atoms with Gasteiger partial charge in [0, 0.05) is 24.6 Å². The second-order valence-corrected chi connectivity index (χ2v) is 5.81. The summed E-state index contributed by atoms with van der Waals surface area (Å²) in [6, 6.07) is 2.07. The quantitative estimate of drug-likeness (QED) is 0.823. The molecule has 2 aliphatic rings. The smallest absolute Gasteiger partial charge is 0.323 e. The van der Waals surface area contributed by atoms with Gasteiger partial charge in [-0.05, 0) is 39.3 Å². The van der Waals surface area contributed by atoms with Gasteiger partial charge in [0.05, 0.1) is 5.69 Å². The minimum absolute atomic E-state index is 0.0437. The molecule has 2 aliphatic heterocycles. The summed E-state index contributed by atoms with van der Waals surface area (Å²) in [5, 5.41) is 7.37. The molecule has 0 radical (unpaired) electrons. The van der Waals surface area contributed by atoms with Crippen molar-refractivity contribution in [1.82, 2.24) is 15.1 Å². The Morgan fingerprint density at radius 2 is 2.37 bits per heavy atom. The lowest BCUT2D eigenvalue weighted by Crippen LogP contribution is -2.44. The first kappa shape index (κ1) is 12.7. The number of ether oxygens (including phenoxy) is 1. The van der Waals surface area contributed by atoms with E-state index >= 15 is 0 Å². The molecular formula is C14H21N3O2. The molecule has 0 spiro atoms. The van der Waals surface area contributed by atoms with Crippen LogP contribution in [0.4, 0.5) is 0 Å². The molecule has 2 fully saturated rings. The Morgan fingerprint density at radius 1 is 1.53 bits per heavy atom. The molecule has 3 heterocycles. The van der Waals surface area contributed by atoms with Crippen LogP contribution in [0.15, 0.2) is 6.07 Å². The highest BCUT2D eigenvalue weighted by Gasteiger charge is 2.38. The summed E-state index contributed by atoms with van der Waals surface area (Å²) >= 11 is 0. The lowest BCUT2D eigenvalue weighted by atomic mass is 9.93. The van der Waals surface area contributed by atoms with Crippen LogP contribution in [0.2, 0.25) is 0 Å². The molecule has 0 aliphatic carbocycles. The lowest BCUT2D eigenvalue weighted by Gasteiger charge is -2.34. The summed E-state index contributed by atoms with van der Waals surface area (Å²) in [7, 11) is 0. The third-order valence-corrected chi connectivity index (χ3v) is 4.18. The van der Waals surface area contributed by atoms with E-state index in [9.17, 15) is 4.79 Å². The Labute approximate surface area is 113 Å². The van der Waals surface area contributed by atoms with Crippen molar-refractivity contribution in [2.45, 2.75) is 51.2 Å². The predicted octanol–water partition coefficient (Wildman–Crippen LogP) is 1.60. The molecule has 0 aromatic carbocycles. The zero-order valence-electron chi connectivity index (χ0n) is 11.6. The number of aromatic amines is 1. The van der Waals surface area contributed by atoms with Gasteiger partial charge in [-0.2, -0.15) is 5.10 Å². The van der Waals surface area contributed by atoms with Gasteiger partial charge in [0.1, 0.15) is 12.1 Å². The number of aromatic nitrogens is 2. The summed E-state index contributed by atoms with van der Waals surface area (Å²) in [5.41, 5.74) is 2.22. The van der Waals surface area contributed by atoms with Crippen molar-refractivity contribution in [2.24, 2.45) is 0 Å². The average Bonchev–Trinajstić information content (AvgIpc) is 2.96. The normalized spacial score (nSPS) is 32.5. The number of hydrogen-bond acceptors (Lipinski definition) is 4. The predicted molar refractivity (Wildman–Crippen MR) is 70.8 cm³/mol. The SMILES string of the molecule is Cc1cc(C2CCCN(C3CC(C)OC3=O)C2)n[nH]1. The van der Waals surface area contributed by atoms with Gasteiger partial charge in [0.25, 0.3) is 0 Å². The molecule has 3 atom stereocenters. The third-order valence-electron chi connectivity index (χ3n) is 4.18. The van der Waals surface area contributed by atoms with E-state index in [2.05, 4.69) is 21.2 Å². The fourth-order valence-corrected chi connectivity index (χ4v) is 3.21. The molecular weight excluding hydrogens is 242 g/mol. The number of hydrogen-bond donors (Lipinski definition) is 1. The van der Waals surface area contributed by atoms with E-state index < -0.39 is 0 Å². The van der Waals surface area contributed by atoms with Crippen molar-refractivity contribution in [3.05, 3.63) is 17.5 Å². The lowest BCUT2D eigenvalue weighted by molar-refractivity contribution is -0.145. The van der Waals surface area contributed by atoms with E-state index in [1.807, 2.05) is 13.8 Å². The zero-order valence-corrected chi connectivity index (χ0v) is 11.6. The number of likely N-dealkylation sites (tertiary alicyclic amines) is 1. The summed E-state index contributed by atoms with van der Waals surface area (Å²) in [6.07, 6.45) is 3.16. The maximum atomic E-state index is 11.8. The molecule has 19 heavy (non-hydrogen) atoms. The fourth-order valence-electron chi connectivity index (χ4n) is 3.21. The zero-order chi connectivity index (χ0) is 13.4. The number of piperidine rings is 1. The van der Waals surface area contributed by atoms with Crippen molar-refractivity contribution < 1.29 is 9.53 Å². The first-order valence-electron chi connectivity index (χ1n) is 7.10. The molecule has 1 aromatic heterocycles. The molecule has 1 N–H and O–H groups in total. The van der Waals surface area contributed by atoms with Crippen LogP contribution >= 0.6 is 0 Å². The van der Waals surface area contributed by atoms with E-state index in [1.165, 1.54) is 0 Å². The maximum Gasteiger partial charge on any atom is 0.323 e. The van der Waals surface area contributed by atoms with Crippen molar-refractivity contribution in [2.75, 3.05) is 13.1 Å². The molecule has 0 saturated carbocycles. The highest BCUT2D eigenvalue weighted by atomic mass is 16.6.